The topological polar surface area (TPSA) is 70.0 Å². The molecule has 0 heterocycles. The molecule has 0 saturated heterocycles. The van der Waals surface area contributed by atoms with Crippen LogP contribution in [-0.4, -0.2) is 47.3 Å². The lowest BCUT2D eigenvalue weighted by molar-refractivity contribution is 0.00686. The van der Waals surface area contributed by atoms with E-state index in [0.717, 1.165) is 6.54 Å². The van der Waals surface area contributed by atoms with Crippen molar-refractivity contribution < 1.29 is 24.1 Å². The molecule has 6 heteroatoms. The zero-order chi connectivity index (χ0) is 22.5. The van der Waals surface area contributed by atoms with Crippen LogP contribution in [0.15, 0.2) is 42.5 Å². The molecule has 164 valence electrons. The van der Waals surface area contributed by atoms with Gasteiger partial charge in [0.1, 0.15) is 17.0 Å². The fraction of sp³-hybridized carbons (Fsp3) is 0.458. The van der Waals surface area contributed by atoms with Crippen LogP contribution in [0.5, 0.6) is 0 Å². The van der Waals surface area contributed by atoms with Crippen molar-refractivity contribution in [3.05, 3.63) is 70.5 Å². The number of esters is 1. The van der Waals surface area contributed by atoms with Gasteiger partial charge < -0.3 is 19.8 Å². The van der Waals surface area contributed by atoms with Gasteiger partial charge in [-0.15, -0.1) is 0 Å². The molecule has 0 saturated carbocycles. The average Bonchev–Trinajstić information content (AvgIpc) is 2.66. The average molecular weight is 418 g/mol. The fourth-order valence-corrected chi connectivity index (χ4v) is 3.40. The Morgan fingerprint density at radius 2 is 1.73 bits per heavy atom. The summed E-state index contributed by atoms with van der Waals surface area (Å²) in [5, 5.41) is 21.7. The Hall–Kier alpha value is -2.28. The number of hydrogen-bond acceptors (Lipinski definition) is 5. The van der Waals surface area contributed by atoms with E-state index in [1.54, 1.807) is 51.1 Å². The second kappa shape index (κ2) is 9.69. The summed E-state index contributed by atoms with van der Waals surface area (Å²) in [4.78, 5) is 14.4. The van der Waals surface area contributed by atoms with Gasteiger partial charge in [-0.25, -0.2) is 9.18 Å². The van der Waals surface area contributed by atoms with Crippen molar-refractivity contribution in [3.63, 3.8) is 0 Å². The molecule has 0 aliphatic carbocycles. The first-order chi connectivity index (χ1) is 14.0. The highest BCUT2D eigenvalue weighted by Crippen LogP contribution is 2.37. The van der Waals surface area contributed by atoms with E-state index in [-0.39, 0.29) is 6.61 Å². The third-order valence-corrected chi connectivity index (χ3v) is 4.82. The molecule has 0 radical (unpaired) electrons. The van der Waals surface area contributed by atoms with Crippen molar-refractivity contribution in [3.8, 4) is 0 Å². The SMILES string of the molecule is CN(C)CCCC(O)(c1ccc(F)cc1)c1ccc(C(=O)OC(C)(C)C)cc1CO. The number of carbonyl (C=O) groups is 1. The predicted octanol–water partition coefficient (Wildman–Crippen LogP) is 3.85. The molecular formula is C24H32FNO4. The number of halogens is 1. The lowest BCUT2D eigenvalue weighted by atomic mass is 9.80. The van der Waals surface area contributed by atoms with Gasteiger partial charge >= 0.3 is 5.97 Å². The van der Waals surface area contributed by atoms with Gasteiger partial charge in [0.05, 0.1) is 12.2 Å². The zero-order valence-corrected chi connectivity index (χ0v) is 18.4. The van der Waals surface area contributed by atoms with Gasteiger partial charge in [0.2, 0.25) is 0 Å². The van der Waals surface area contributed by atoms with Crippen LogP contribution in [0.2, 0.25) is 0 Å². The van der Waals surface area contributed by atoms with E-state index < -0.39 is 23.0 Å². The first-order valence-corrected chi connectivity index (χ1v) is 10.1. The molecule has 30 heavy (non-hydrogen) atoms. The van der Waals surface area contributed by atoms with E-state index in [2.05, 4.69) is 0 Å². The molecule has 5 nitrogen and oxygen atoms in total. The Morgan fingerprint density at radius 1 is 1.10 bits per heavy atom. The number of aliphatic hydroxyl groups excluding tert-OH is 1. The Kier molecular flexibility index (Phi) is 7.75. The number of ether oxygens (including phenoxy) is 1. The molecular weight excluding hydrogens is 385 g/mol. The minimum atomic E-state index is -1.44. The maximum atomic E-state index is 13.5. The minimum absolute atomic E-state index is 0.299. The van der Waals surface area contributed by atoms with Gasteiger partial charge in [0.15, 0.2) is 0 Å². The molecule has 0 aliphatic heterocycles. The smallest absolute Gasteiger partial charge is 0.338 e. The lowest BCUT2D eigenvalue weighted by Gasteiger charge is -2.32. The molecule has 0 fully saturated rings. The standard InChI is InChI=1S/C24H32FNO4/c1-23(2,3)30-22(28)17-7-12-21(18(15-17)16-27)24(29,13-6-14-26(4)5)19-8-10-20(25)11-9-19/h7-12,15,27,29H,6,13-14,16H2,1-5H3. The first kappa shape index (κ1) is 24.0. The zero-order valence-electron chi connectivity index (χ0n) is 18.4. The Balaban J connectivity index is 2.48. The van der Waals surface area contributed by atoms with E-state index >= 15 is 0 Å². The second-order valence-electron chi connectivity index (χ2n) is 8.81. The molecule has 1 atom stereocenters. The highest BCUT2D eigenvalue weighted by atomic mass is 19.1. The Morgan fingerprint density at radius 3 is 2.27 bits per heavy atom. The van der Waals surface area contributed by atoms with E-state index in [9.17, 15) is 19.4 Å². The number of benzene rings is 2. The summed E-state index contributed by atoms with van der Waals surface area (Å²) in [7, 11) is 3.90. The van der Waals surface area contributed by atoms with Crippen molar-refractivity contribution in [2.75, 3.05) is 20.6 Å². The molecule has 0 aromatic heterocycles. The van der Waals surface area contributed by atoms with Crippen molar-refractivity contribution in [2.24, 2.45) is 0 Å². The minimum Gasteiger partial charge on any atom is -0.456 e. The van der Waals surface area contributed by atoms with Gasteiger partial charge in [-0.05, 0) is 95.2 Å². The molecule has 2 rings (SSSR count). The second-order valence-corrected chi connectivity index (χ2v) is 8.81. The molecule has 0 amide bonds. The maximum absolute atomic E-state index is 13.5. The summed E-state index contributed by atoms with van der Waals surface area (Å²) in [5.41, 5.74) is -0.336. The van der Waals surface area contributed by atoms with Crippen LogP contribution in [0.1, 0.15) is 60.7 Å². The summed E-state index contributed by atoms with van der Waals surface area (Å²) in [5.74, 6) is -0.890. The summed E-state index contributed by atoms with van der Waals surface area (Å²) in [6, 6.07) is 10.5. The number of rotatable bonds is 8. The molecule has 0 spiro atoms. The molecule has 0 bridgehead atoms. The lowest BCUT2D eigenvalue weighted by Crippen LogP contribution is -2.30. The van der Waals surface area contributed by atoms with Gasteiger partial charge in [-0.1, -0.05) is 18.2 Å². The van der Waals surface area contributed by atoms with E-state index in [1.807, 2.05) is 19.0 Å². The predicted molar refractivity (Wildman–Crippen MR) is 115 cm³/mol. The van der Waals surface area contributed by atoms with Crippen LogP contribution in [0, 0.1) is 5.82 Å². The largest absolute Gasteiger partial charge is 0.456 e. The van der Waals surface area contributed by atoms with Crippen molar-refractivity contribution in [1.82, 2.24) is 4.90 Å². The molecule has 2 N–H and O–H groups in total. The van der Waals surface area contributed by atoms with Crippen LogP contribution >= 0.6 is 0 Å². The van der Waals surface area contributed by atoms with Gasteiger partial charge in [0.25, 0.3) is 0 Å². The summed E-state index contributed by atoms with van der Waals surface area (Å²) < 4.78 is 18.9. The van der Waals surface area contributed by atoms with E-state index in [4.69, 9.17) is 4.74 Å². The normalized spacial score (nSPS) is 13.9. The van der Waals surface area contributed by atoms with E-state index in [1.165, 1.54) is 12.1 Å². The maximum Gasteiger partial charge on any atom is 0.338 e. The monoisotopic (exact) mass is 417 g/mol. The van der Waals surface area contributed by atoms with Crippen LogP contribution in [-0.2, 0) is 16.9 Å². The van der Waals surface area contributed by atoms with Crippen molar-refractivity contribution >= 4 is 5.97 Å². The van der Waals surface area contributed by atoms with Gasteiger partial charge in [-0.2, -0.15) is 0 Å². The molecule has 2 aromatic rings. The first-order valence-electron chi connectivity index (χ1n) is 10.1. The molecule has 2 aromatic carbocycles. The summed E-state index contributed by atoms with van der Waals surface area (Å²) in [6.45, 7) is 5.75. The number of carbonyl (C=O) groups excluding carboxylic acids is 1. The highest BCUT2D eigenvalue weighted by molar-refractivity contribution is 5.90. The quantitative estimate of drug-likeness (QED) is 0.639. The highest BCUT2D eigenvalue weighted by Gasteiger charge is 2.34. The fourth-order valence-electron chi connectivity index (χ4n) is 3.40. The Bertz CT molecular complexity index is 858. The van der Waals surface area contributed by atoms with Gasteiger partial charge in [0, 0.05) is 0 Å². The number of nitrogens with zero attached hydrogens (tertiary/aromatic N) is 1. The summed E-state index contributed by atoms with van der Waals surface area (Å²) in [6.07, 6.45) is 1.05. The van der Waals surface area contributed by atoms with Gasteiger partial charge in [-0.3, -0.25) is 0 Å². The van der Waals surface area contributed by atoms with Crippen molar-refractivity contribution in [1.29, 1.82) is 0 Å². The number of hydrogen-bond donors (Lipinski definition) is 2. The third-order valence-electron chi connectivity index (χ3n) is 4.82. The molecule has 1 unspecified atom stereocenters. The molecule has 0 aliphatic rings. The Labute approximate surface area is 178 Å². The van der Waals surface area contributed by atoms with Crippen LogP contribution in [0.4, 0.5) is 4.39 Å². The van der Waals surface area contributed by atoms with Crippen LogP contribution < -0.4 is 0 Å². The van der Waals surface area contributed by atoms with Crippen molar-refractivity contribution in [2.45, 2.75) is 51.4 Å². The van der Waals surface area contributed by atoms with Crippen LogP contribution in [0.3, 0.4) is 0 Å². The van der Waals surface area contributed by atoms with Crippen LogP contribution in [0.25, 0.3) is 0 Å². The van der Waals surface area contributed by atoms with E-state index in [0.29, 0.717) is 35.1 Å². The number of aliphatic hydroxyl groups is 2. The summed E-state index contributed by atoms with van der Waals surface area (Å²) >= 11 is 0. The third kappa shape index (κ3) is 6.11.